The van der Waals surface area contributed by atoms with Crippen molar-refractivity contribution in [1.82, 2.24) is 10.2 Å². The molecule has 98 valence electrons. The second kappa shape index (κ2) is 7.27. The fraction of sp³-hybridized carbons (Fsp3) is 0.833. The van der Waals surface area contributed by atoms with Gasteiger partial charge >= 0.3 is 11.8 Å². The summed E-state index contributed by atoms with van der Waals surface area (Å²) < 4.78 is 4.81. The molecule has 0 saturated heterocycles. The van der Waals surface area contributed by atoms with Gasteiger partial charge in [-0.3, -0.25) is 9.59 Å². The van der Waals surface area contributed by atoms with Gasteiger partial charge in [0.05, 0.1) is 6.61 Å². The third kappa shape index (κ3) is 4.34. The van der Waals surface area contributed by atoms with Crippen molar-refractivity contribution in [2.45, 2.75) is 38.1 Å². The molecule has 0 aliphatic heterocycles. The number of carbonyl (C=O) groups excluding carboxylic acids is 2. The number of hydrogen-bond donors (Lipinski definition) is 1. The summed E-state index contributed by atoms with van der Waals surface area (Å²) in [5.74, 6) is -0.969. The summed E-state index contributed by atoms with van der Waals surface area (Å²) in [4.78, 5) is 24.9. The van der Waals surface area contributed by atoms with E-state index in [1.807, 2.05) is 0 Å². The lowest BCUT2D eigenvalue weighted by atomic mass is 9.94. The van der Waals surface area contributed by atoms with Crippen molar-refractivity contribution in [3.05, 3.63) is 0 Å². The van der Waals surface area contributed by atoms with E-state index in [9.17, 15) is 9.59 Å². The summed E-state index contributed by atoms with van der Waals surface area (Å²) in [6.45, 7) is 0.797. The molecule has 1 aliphatic rings. The Hall–Kier alpha value is -1.10. The molecule has 1 fully saturated rings. The first-order valence-electron chi connectivity index (χ1n) is 6.20. The van der Waals surface area contributed by atoms with E-state index < -0.39 is 11.8 Å². The van der Waals surface area contributed by atoms with Crippen LogP contribution in [0.3, 0.4) is 0 Å². The second-order valence-electron chi connectivity index (χ2n) is 4.46. The molecule has 0 radical (unpaired) electrons. The average molecular weight is 242 g/mol. The molecule has 0 aromatic rings. The fourth-order valence-corrected chi connectivity index (χ4v) is 2.14. The summed E-state index contributed by atoms with van der Waals surface area (Å²) in [6, 6.07) is 0.226. The molecule has 0 aromatic heterocycles. The van der Waals surface area contributed by atoms with Gasteiger partial charge in [0.2, 0.25) is 0 Å². The largest absolute Gasteiger partial charge is 0.383 e. The molecule has 5 nitrogen and oxygen atoms in total. The summed E-state index contributed by atoms with van der Waals surface area (Å²) >= 11 is 0. The van der Waals surface area contributed by atoms with Gasteiger partial charge in [0.1, 0.15) is 0 Å². The van der Waals surface area contributed by atoms with Gasteiger partial charge in [-0.1, -0.05) is 19.3 Å². The third-order valence-corrected chi connectivity index (χ3v) is 3.23. The molecule has 0 aromatic carbocycles. The van der Waals surface area contributed by atoms with Crippen LogP contribution in [-0.4, -0.2) is 50.1 Å². The molecule has 1 saturated carbocycles. The summed E-state index contributed by atoms with van der Waals surface area (Å²) in [5, 5.41) is 2.55. The first kappa shape index (κ1) is 14.0. The van der Waals surface area contributed by atoms with E-state index in [0.29, 0.717) is 13.2 Å². The molecule has 1 aliphatic carbocycles. The number of rotatable bonds is 4. The average Bonchev–Trinajstić information content (AvgIpc) is 2.38. The third-order valence-electron chi connectivity index (χ3n) is 3.23. The Labute approximate surface area is 102 Å². The summed E-state index contributed by atoms with van der Waals surface area (Å²) in [7, 11) is 3.27. The van der Waals surface area contributed by atoms with Gasteiger partial charge in [-0.05, 0) is 12.8 Å². The van der Waals surface area contributed by atoms with Crippen LogP contribution in [0.5, 0.6) is 0 Å². The summed E-state index contributed by atoms with van der Waals surface area (Å²) in [6.07, 6.45) is 5.54. The number of hydrogen-bond acceptors (Lipinski definition) is 3. The molecule has 5 heteroatoms. The molecule has 0 bridgehead atoms. The number of nitrogens with one attached hydrogen (secondary N) is 1. The number of amides is 2. The maximum Gasteiger partial charge on any atom is 0.311 e. The Bertz CT molecular complexity index is 262. The fourth-order valence-electron chi connectivity index (χ4n) is 2.14. The molecule has 1 N–H and O–H groups in total. The SMILES string of the molecule is COCCNC(=O)C(=O)N(C)C1CCCCC1. The normalized spacial score (nSPS) is 16.6. The minimum Gasteiger partial charge on any atom is -0.383 e. The zero-order valence-electron chi connectivity index (χ0n) is 10.7. The first-order valence-corrected chi connectivity index (χ1v) is 6.20. The van der Waals surface area contributed by atoms with Crippen LogP contribution in [-0.2, 0) is 14.3 Å². The minimum atomic E-state index is -0.532. The molecule has 0 heterocycles. The highest BCUT2D eigenvalue weighted by atomic mass is 16.5. The van der Waals surface area contributed by atoms with E-state index in [1.54, 1.807) is 19.1 Å². The monoisotopic (exact) mass is 242 g/mol. The van der Waals surface area contributed by atoms with Crippen molar-refractivity contribution in [2.24, 2.45) is 0 Å². The quantitative estimate of drug-likeness (QED) is 0.578. The Morgan fingerprint density at radius 2 is 1.94 bits per heavy atom. The van der Waals surface area contributed by atoms with Crippen molar-refractivity contribution in [3.63, 3.8) is 0 Å². The van der Waals surface area contributed by atoms with Gasteiger partial charge in [-0.2, -0.15) is 0 Å². The van der Waals surface area contributed by atoms with Crippen LogP contribution < -0.4 is 5.32 Å². The molecule has 2 amide bonds. The van der Waals surface area contributed by atoms with Crippen molar-refractivity contribution in [1.29, 1.82) is 0 Å². The molecule has 0 unspecified atom stereocenters. The Balaban J connectivity index is 2.36. The van der Waals surface area contributed by atoms with Crippen LogP contribution in [0.25, 0.3) is 0 Å². The van der Waals surface area contributed by atoms with E-state index in [0.717, 1.165) is 25.7 Å². The van der Waals surface area contributed by atoms with E-state index in [-0.39, 0.29) is 6.04 Å². The van der Waals surface area contributed by atoms with Gasteiger partial charge < -0.3 is 15.0 Å². The Kier molecular flexibility index (Phi) is 5.97. The Morgan fingerprint density at radius 1 is 1.29 bits per heavy atom. The molecule has 0 spiro atoms. The topological polar surface area (TPSA) is 58.6 Å². The maximum atomic E-state index is 11.8. The maximum absolute atomic E-state index is 11.8. The van der Waals surface area contributed by atoms with E-state index in [4.69, 9.17) is 4.74 Å². The molecular formula is C12H22N2O3. The van der Waals surface area contributed by atoms with E-state index >= 15 is 0 Å². The van der Waals surface area contributed by atoms with Crippen LogP contribution >= 0.6 is 0 Å². The predicted octanol–water partition coefficient (Wildman–Crippen LogP) is 0.540. The summed E-state index contributed by atoms with van der Waals surface area (Å²) in [5.41, 5.74) is 0. The van der Waals surface area contributed by atoms with Gasteiger partial charge in [0, 0.05) is 26.7 Å². The number of methoxy groups -OCH3 is 1. The zero-order chi connectivity index (χ0) is 12.7. The lowest BCUT2D eigenvalue weighted by molar-refractivity contribution is -0.146. The van der Waals surface area contributed by atoms with Gasteiger partial charge in [-0.15, -0.1) is 0 Å². The Morgan fingerprint density at radius 3 is 2.53 bits per heavy atom. The van der Waals surface area contributed by atoms with Crippen LogP contribution in [0.2, 0.25) is 0 Å². The lowest BCUT2D eigenvalue weighted by Gasteiger charge is -2.30. The highest BCUT2D eigenvalue weighted by Gasteiger charge is 2.26. The van der Waals surface area contributed by atoms with Crippen molar-refractivity contribution >= 4 is 11.8 Å². The van der Waals surface area contributed by atoms with Crippen LogP contribution in [0.4, 0.5) is 0 Å². The number of ether oxygens (including phenoxy) is 1. The van der Waals surface area contributed by atoms with Crippen LogP contribution in [0, 0.1) is 0 Å². The second-order valence-corrected chi connectivity index (χ2v) is 4.46. The van der Waals surface area contributed by atoms with Crippen LogP contribution in [0.1, 0.15) is 32.1 Å². The number of carbonyl (C=O) groups is 2. The van der Waals surface area contributed by atoms with Gasteiger partial charge in [-0.25, -0.2) is 0 Å². The van der Waals surface area contributed by atoms with E-state index in [1.165, 1.54) is 6.42 Å². The smallest absolute Gasteiger partial charge is 0.311 e. The lowest BCUT2D eigenvalue weighted by Crippen LogP contribution is -2.46. The predicted molar refractivity (Wildman–Crippen MR) is 64.5 cm³/mol. The van der Waals surface area contributed by atoms with Crippen molar-refractivity contribution in [2.75, 3.05) is 27.3 Å². The molecule has 0 atom stereocenters. The van der Waals surface area contributed by atoms with Crippen molar-refractivity contribution < 1.29 is 14.3 Å². The van der Waals surface area contributed by atoms with E-state index in [2.05, 4.69) is 5.32 Å². The zero-order valence-corrected chi connectivity index (χ0v) is 10.7. The molecular weight excluding hydrogens is 220 g/mol. The minimum absolute atomic E-state index is 0.226. The number of likely N-dealkylation sites (N-methyl/N-ethyl adjacent to an activating group) is 1. The highest BCUT2D eigenvalue weighted by Crippen LogP contribution is 2.21. The van der Waals surface area contributed by atoms with Gasteiger partial charge in [0.25, 0.3) is 0 Å². The van der Waals surface area contributed by atoms with Crippen LogP contribution in [0.15, 0.2) is 0 Å². The first-order chi connectivity index (χ1) is 8.16. The standard InChI is InChI=1S/C12H22N2O3/c1-14(10-6-4-3-5-7-10)12(16)11(15)13-8-9-17-2/h10H,3-9H2,1-2H3,(H,13,15). The highest BCUT2D eigenvalue weighted by molar-refractivity contribution is 6.35. The van der Waals surface area contributed by atoms with Crippen molar-refractivity contribution in [3.8, 4) is 0 Å². The number of nitrogens with zero attached hydrogens (tertiary/aromatic N) is 1. The molecule has 1 rings (SSSR count). The van der Waals surface area contributed by atoms with Gasteiger partial charge in [0.15, 0.2) is 0 Å². The molecule has 17 heavy (non-hydrogen) atoms.